The van der Waals surface area contributed by atoms with Gasteiger partial charge in [-0.3, -0.25) is 4.79 Å². The van der Waals surface area contributed by atoms with E-state index in [0.717, 1.165) is 21.4 Å². The zero-order valence-corrected chi connectivity index (χ0v) is 19.3. The van der Waals surface area contributed by atoms with Gasteiger partial charge >= 0.3 is 11.9 Å². The number of carbonyl (C=O) groups excluding carboxylic acids is 3. The molecule has 0 aliphatic heterocycles. The van der Waals surface area contributed by atoms with Crippen molar-refractivity contribution in [3.63, 3.8) is 0 Å². The van der Waals surface area contributed by atoms with Gasteiger partial charge < -0.3 is 14.8 Å². The van der Waals surface area contributed by atoms with Gasteiger partial charge in [-0.2, -0.15) is 0 Å². The number of benzene rings is 2. The van der Waals surface area contributed by atoms with E-state index < -0.39 is 17.8 Å². The van der Waals surface area contributed by atoms with Crippen LogP contribution in [0.5, 0.6) is 0 Å². The smallest absolute Gasteiger partial charge is 0.349 e. The van der Waals surface area contributed by atoms with E-state index in [4.69, 9.17) is 9.47 Å². The fourth-order valence-electron chi connectivity index (χ4n) is 2.84. The summed E-state index contributed by atoms with van der Waals surface area (Å²) in [6, 6.07) is 16.1. The van der Waals surface area contributed by atoms with Crippen molar-refractivity contribution < 1.29 is 23.9 Å². The van der Waals surface area contributed by atoms with Crippen molar-refractivity contribution in [2.45, 2.75) is 20.5 Å². The molecular weight excluding hydrogens is 482 g/mol. The lowest BCUT2D eigenvalue weighted by Gasteiger charge is -2.07. The summed E-state index contributed by atoms with van der Waals surface area (Å²) < 4.78 is 11.3. The molecule has 0 saturated heterocycles. The second-order valence-electron chi connectivity index (χ2n) is 6.51. The van der Waals surface area contributed by atoms with Crippen LogP contribution < -0.4 is 5.32 Å². The second-order valence-corrected chi connectivity index (χ2v) is 8.44. The first-order chi connectivity index (χ1) is 14.9. The Kier molecular flexibility index (Phi) is 7.59. The molecule has 8 heteroatoms. The Balaban J connectivity index is 1.88. The lowest BCUT2D eigenvalue weighted by molar-refractivity contribution is 0.0477. The molecule has 0 radical (unpaired) electrons. The minimum Gasteiger partial charge on any atom is -0.462 e. The molecule has 0 saturated carbocycles. The summed E-state index contributed by atoms with van der Waals surface area (Å²) >= 11 is 4.32. The molecule has 1 aromatic heterocycles. The van der Waals surface area contributed by atoms with Crippen LogP contribution >= 0.6 is 27.3 Å². The van der Waals surface area contributed by atoms with Crippen LogP contribution in [0.25, 0.3) is 0 Å². The third-order valence-corrected chi connectivity index (χ3v) is 6.02. The molecule has 3 rings (SSSR count). The predicted octanol–water partition coefficient (Wildman–Crippen LogP) is 5.61. The zero-order valence-electron chi connectivity index (χ0n) is 16.9. The van der Waals surface area contributed by atoms with Crippen LogP contribution in [0.1, 0.15) is 48.4 Å². The molecule has 0 atom stereocenters. The third kappa shape index (κ3) is 5.59. The van der Waals surface area contributed by atoms with Crippen LogP contribution in [0, 0.1) is 6.92 Å². The molecule has 160 valence electrons. The maximum absolute atomic E-state index is 12.7. The maximum Gasteiger partial charge on any atom is 0.349 e. The monoisotopic (exact) mass is 501 g/mol. The first kappa shape index (κ1) is 22.7. The van der Waals surface area contributed by atoms with E-state index in [-0.39, 0.29) is 28.7 Å². The molecule has 1 N–H and O–H groups in total. The number of anilines is 1. The van der Waals surface area contributed by atoms with Gasteiger partial charge in [0.15, 0.2) is 0 Å². The van der Waals surface area contributed by atoms with Gasteiger partial charge in [-0.05, 0) is 43.2 Å². The lowest BCUT2D eigenvalue weighted by Crippen LogP contribution is -2.15. The molecule has 0 fully saturated rings. The van der Waals surface area contributed by atoms with Crippen LogP contribution in [0.15, 0.2) is 59.1 Å². The molecule has 3 aromatic rings. The van der Waals surface area contributed by atoms with Gasteiger partial charge in [0.2, 0.25) is 0 Å². The number of nitrogens with one attached hydrogen (secondary N) is 1. The number of hydrogen-bond acceptors (Lipinski definition) is 6. The molecule has 6 nitrogen and oxygen atoms in total. The second kappa shape index (κ2) is 10.4. The van der Waals surface area contributed by atoms with Gasteiger partial charge in [-0.1, -0.05) is 52.3 Å². The number of esters is 2. The summed E-state index contributed by atoms with van der Waals surface area (Å²) in [7, 11) is 0. The number of hydrogen-bond donors (Lipinski definition) is 1. The SMILES string of the molecule is CCOC(=O)c1c(NC(=O)c2cccc(Br)c2)sc(C(=O)OCc2ccccc2)c1C. The van der Waals surface area contributed by atoms with Gasteiger partial charge in [0.1, 0.15) is 16.5 Å². The Morgan fingerprint density at radius 2 is 1.74 bits per heavy atom. The lowest BCUT2D eigenvalue weighted by atomic mass is 10.1. The van der Waals surface area contributed by atoms with Crippen LogP contribution in [0.3, 0.4) is 0 Å². The topological polar surface area (TPSA) is 81.7 Å². The fourth-order valence-corrected chi connectivity index (χ4v) is 4.32. The summed E-state index contributed by atoms with van der Waals surface area (Å²) in [5.74, 6) is -1.58. The summed E-state index contributed by atoms with van der Waals surface area (Å²) in [6.45, 7) is 3.59. The van der Waals surface area contributed by atoms with E-state index in [1.165, 1.54) is 0 Å². The minimum absolute atomic E-state index is 0.103. The van der Waals surface area contributed by atoms with E-state index in [9.17, 15) is 14.4 Å². The van der Waals surface area contributed by atoms with E-state index in [2.05, 4.69) is 21.2 Å². The van der Waals surface area contributed by atoms with Gasteiger partial charge in [0, 0.05) is 10.0 Å². The van der Waals surface area contributed by atoms with Crippen LogP contribution in [0.4, 0.5) is 5.00 Å². The quantitative estimate of drug-likeness (QED) is 0.425. The predicted molar refractivity (Wildman–Crippen MR) is 123 cm³/mol. The number of rotatable bonds is 7. The highest BCUT2D eigenvalue weighted by Gasteiger charge is 2.27. The Labute approximate surface area is 192 Å². The van der Waals surface area contributed by atoms with E-state index in [1.807, 2.05) is 30.3 Å². The maximum atomic E-state index is 12.7. The molecule has 1 heterocycles. The van der Waals surface area contributed by atoms with Gasteiger partial charge in [0.05, 0.1) is 12.2 Å². The molecule has 0 aliphatic carbocycles. The third-order valence-electron chi connectivity index (χ3n) is 4.34. The van der Waals surface area contributed by atoms with Crippen molar-refractivity contribution in [3.8, 4) is 0 Å². The molecule has 0 bridgehead atoms. The van der Waals surface area contributed by atoms with E-state index in [0.29, 0.717) is 11.1 Å². The largest absolute Gasteiger partial charge is 0.462 e. The highest BCUT2D eigenvalue weighted by Crippen LogP contribution is 2.35. The number of thiophene rings is 1. The normalized spacial score (nSPS) is 10.4. The van der Waals surface area contributed by atoms with Crippen molar-refractivity contribution in [1.82, 2.24) is 0 Å². The van der Waals surface area contributed by atoms with E-state index >= 15 is 0 Å². The fraction of sp³-hybridized carbons (Fsp3) is 0.174. The average molecular weight is 502 g/mol. The summed E-state index contributed by atoms with van der Waals surface area (Å²) in [5, 5.41) is 2.98. The molecule has 2 aromatic carbocycles. The summed E-state index contributed by atoms with van der Waals surface area (Å²) in [5.41, 5.74) is 1.82. The Hall–Kier alpha value is -2.97. The van der Waals surface area contributed by atoms with Gasteiger partial charge in [-0.25, -0.2) is 9.59 Å². The van der Waals surface area contributed by atoms with Crippen molar-refractivity contribution in [3.05, 3.63) is 86.2 Å². The first-order valence-electron chi connectivity index (χ1n) is 9.49. The van der Waals surface area contributed by atoms with Gasteiger partial charge in [0.25, 0.3) is 5.91 Å². The molecule has 0 unspecified atom stereocenters. The first-order valence-corrected chi connectivity index (χ1v) is 11.1. The van der Waals surface area contributed by atoms with Crippen LogP contribution in [0.2, 0.25) is 0 Å². The molecule has 0 spiro atoms. The highest BCUT2D eigenvalue weighted by atomic mass is 79.9. The highest BCUT2D eigenvalue weighted by molar-refractivity contribution is 9.10. The zero-order chi connectivity index (χ0) is 22.4. The molecule has 1 amide bonds. The standard InChI is InChI=1S/C23H20BrNO5S/c1-3-29-22(27)18-14(2)19(23(28)30-13-15-8-5-4-6-9-15)31-21(18)25-20(26)16-10-7-11-17(24)12-16/h4-12H,3,13H2,1-2H3,(H,25,26). The number of ether oxygens (including phenoxy) is 2. The molecular formula is C23H20BrNO5S. The summed E-state index contributed by atoms with van der Waals surface area (Å²) in [6.07, 6.45) is 0. The Morgan fingerprint density at radius 1 is 1.00 bits per heavy atom. The number of carbonyl (C=O) groups is 3. The van der Waals surface area contributed by atoms with Crippen molar-refractivity contribution in [2.24, 2.45) is 0 Å². The van der Waals surface area contributed by atoms with Crippen molar-refractivity contribution in [2.75, 3.05) is 11.9 Å². The molecule has 31 heavy (non-hydrogen) atoms. The Bertz CT molecular complexity index is 1110. The number of amides is 1. The minimum atomic E-state index is -0.608. The average Bonchev–Trinajstić information content (AvgIpc) is 3.08. The van der Waals surface area contributed by atoms with Gasteiger partial charge in [-0.15, -0.1) is 11.3 Å². The summed E-state index contributed by atoms with van der Waals surface area (Å²) in [4.78, 5) is 38.2. The van der Waals surface area contributed by atoms with Crippen molar-refractivity contribution >= 4 is 50.1 Å². The van der Waals surface area contributed by atoms with Crippen LogP contribution in [-0.2, 0) is 16.1 Å². The van der Waals surface area contributed by atoms with Crippen LogP contribution in [-0.4, -0.2) is 24.5 Å². The Morgan fingerprint density at radius 3 is 2.42 bits per heavy atom. The molecule has 0 aliphatic rings. The van der Waals surface area contributed by atoms with E-state index in [1.54, 1.807) is 38.1 Å². The number of halogens is 1. The van der Waals surface area contributed by atoms with Crippen molar-refractivity contribution in [1.29, 1.82) is 0 Å².